The minimum absolute atomic E-state index is 0.0381. The molecule has 3 atom stereocenters. The van der Waals surface area contributed by atoms with Crippen LogP contribution < -0.4 is 0 Å². The molecule has 0 spiro atoms. The molecule has 1 saturated carbocycles. The van der Waals surface area contributed by atoms with Crippen LogP contribution >= 0.6 is 0 Å². The number of benzene rings is 1. The van der Waals surface area contributed by atoms with E-state index in [0.29, 0.717) is 5.92 Å². The Morgan fingerprint density at radius 2 is 1.57 bits per heavy atom. The fourth-order valence-corrected chi connectivity index (χ4v) is 5.22. The van der Waals surface area contributed by atoms with Gasteiger partial charge in [0.25, 0.3) is 0 Å². The van der Waals surface area contributed by atoms with Gasteiger partial charge in [-0.2, -0.15) is 0 Å². The van der Waals surface area contributed by atoms with Crippen molar-refractivity contribution >= 4 is 10.8 Å². The van der Waals surface area contributed by atoms with Gasteiger partial charge in [-0.05, 0) is 44.7 Å². The molecule has 130 valence electrons. The van der Waals surface area contributed by atoms with E-state index in [2.05, 4.69) is 32.9 Å². The van der Waals surface area contributed by atoms with Crippen LogP contribution in [0.4, 0.5) is 0 Å². The first kappa shape index (κ1) is 18.7. The van der Waals surface area contributed by atoms with E-state index >= 15 is 0 Å². The van der Waals surface area contributed by atoms with E-state index in [4.69, 9.17) is 0 Å². The lowest BCUT2D eigenvalue weighted by atomic mass is 10.1. The number of unbranched alkanes of at least 4 members (excludes halogenated alkanes) is 7. The van der Waals surface area contributed by atoms with Crippen LogP contribution in [0.2, 0.25) is 0 Å². The number of rotatable bonds is 11. The van der Waals surface area contributed by atoms with Crippen LogP contribution in [0.25, 0.3) is 0 Å². The van der Waals surface area contributed by atoms with E-state index in [1.54, 1.807) is 0 Å². The van der Waals surface area contributed by atoms with Gasteiger partial charge in [0.15, 0.2) is 0 Å². The fraction of sp³-hybridized carbons (Fsp3) is 0.714. The Kier molecular flexibility index (Phi) is 7.33. The highest BCUT2D eigenvalue weighted by atomic mass is 32.2. The van der Waals surface area contributed by atoms with Crippen molar-refractivity contribution in [3.8, 4) is 0 Å². The van der Waals surface area contributed by atoms with E-state index in [-0.39, 0.29) is 4.75 Å². The molecule has 1 fully saturated rings. The van der Waals surface area contributed by atoms with Gasteiger partial charge >= 0.3 is 0 Å². The Hall–Kier alpha value is -0.630. The lowest BCUT2D eigenvalue weighted by molar-refractivity contribution is 0.543. The summed E-state index contributed by atoms with van der Waals surface area (Å²) in [5, 5.41) is 0. The molecule has 0 heterocycles. The van der Waals surface area contributed by atoms with Crippen LogP contribution in [0.5, 0.6) is 0 Å². The van der Waals surface area contributed by atoms with E-state index < -0.39 is 10.8 Å². The molecule has 0 N–H and O–H groups in total. The third-order valence-corrected chi connectivity index (χ3v) is 7.47. The standard InChI is InChI=1S/C21H34OS/c1-4-5-6-7-8-9-10-11-12-19-17-21(19,3)23(22)20-15-13-18(2)14-16-20/h13-16,19H,4-12,17H2,1-3H3/t19-,21-,23?/m1/s1. The van der Waals surface area contributed by atoms with Crippen LogP contribution in [0, 0.1) is 12.8 Å². The Bertz CT molecular complexity index is 493. The molecule has 1 unspecified atom stereocenters. The quantitative estimate of drug-likeness (QED) is 0.427. The second kappa shape index (κ2) is 9.01. The number of hydrogen-bond donors (Lipinski definition) is 0. The third-order valence-electron chi connectivity index (χ3n) is 5.42. The van der Waals surface area contributed by atoms with Gasteiger partial charge in [0, 0.05) is 4.90 Å². The molecule has 1 nitrogen and oxygen atoms in total. The Balaban J connectivity index is 1.63. The van der Waals surface area contributed by atoms with Gasteiger partial charge in [-0.1, -0.05) is 76.0 Å². The zero-order chi connectivity index (χ0) is 16.7. The van der Waals surface area contributed by atoms with Crippen molar-refractivity contribution in [1.29, 1.82) is 0 Å². The first-order valence-electron chi connectivity index (χ1n) is 9.56. The molecule has 1 aliphatic rings. The van der Waals surface area contributed by atoms with Gasteiger partial charge in [0.05, 0.1) is 15.5 Å². The average Bonchev–Trinajstić information content (AvgIpc) is 3.22. The minimum Gasteiger partial charge on any atom is -0.254 e. The SMILES string of the molecule is CCCCCCCCCC[C@@H]1C[C@@]1(C)S(=O)c1ccc(C)cc1. The Morgan fingerprint density at radius 1 is 1.00 bits per heavy atom. The predicted octanol–water partition coefficient (Wildman–Crippen LogP) is 6.41. The van der Waals surface area contributed by atoms with Crippen LogP contribution in [-0.4, -0.2) is 8.96 Å². The summed E-state index contributed by atoms with van der Waals surface area (Å²) in [6.45, 7) is 6.57. The summed E-state index contributed by atoms with van der Waals surface area (Å²) in [5.74, 6) is 0.671. The van der Waals surface area contributed by atoms with Crippen molar-refractivity contribution in [1.82, 2.24) is 0 Å². The summed E-state index contributed by atoms with van der Waals surface area (Å²) in [4.78, 5) is 1.01. The second-order valence-electron chi connectivity index (χ2n) is 7.56. The highest BCUT2D eigenvalue weighted by molar-refractivity contribution is 7.86. The van der Waals surface area contributed by atoms with E-state index in [9.17, 15) is 4.21 Å². The normalized spacial score (nSPS) is 24.6. The molecular formula is C21H34OS. The smallest absolute Gasteiger partial charge is 0.0592 e. The van der Waals surface area contributed by atoms with Crippen molar-refractivity contribution in [3.05, 3.63) is 29.8 Å². The summed E-state index contributed by atoms with van der Waals surface area (Å²) in [6, 6.07) is 8.24. The van der Waals surface area contributed by atoms with E-state index in [1.807, 2.05) is 12.1 Å². The molecule has 0 bridgehead atoms. The lowest BCUT2D eigenvalue weighted by Crippen LogP contribution is -2.15. The van der Waals surface area contributed by atoms with Crippen molar-refractivity contribution in [3.63, 3.8) is 0 Å². The number of aryl methyl sites for hydroxylation is 1. The van der Waals surface area contributed by atoms with Crippen molar-refractivity contribution in [2.45, 2.75) is 94.6 Å². The zero-order valence-electron chi connectivity index (χ0n) is 15.3. The summed E-state index contributed by atoms with van der Waals surface area (Å²) in [6.07, 6.45) is 13.4. The van der Waals surface area contributed by atoms with Crippen LogP contribution in [-0.2, 0) is 10.8 Å². The lowest BCUT2D eigenvalue weighted by Gasteiger charge is -2.12. The van der Waals surface area contributed by atoms with Crippen molar-refractivity contribution in [2.24, 2.45) is 5.92 Å². The molecule has 1 aromatic carbocycles. The molecule has 0 radical (unpaired) electrons. The molecule has 0 aromatic heterocycles. The average molecular weight is 335 g/mol. The molecule has 2 rings (SSSR count). The summed E-state index contributed by atoms with van der Waals surface area (Å²) in [7, 11) is -0.841. The maximum absolute atomic E-state index is 12.8. The molecule has 0 saturated heterocycles. The van der Waals surface area contributed by atoms with Gasteiger partial charge in [-0.3, -0.25) is 4.21 Å². The molecule has 2 heteroatoms. The zero-order valence-corrected chi connectivity index (χ0v) is 16.1. The molecule has 1 aromatic rings. The first-order valence-corrected chi connectivity index (χ1v) is 10.7. The minimum atomic E-state index is -0.841. The largest absolute Gasteiger partial charge is 0.254 e. The van der Waals surface area contributed by atoms with Crippen LogP contribution in [0.15, 0.2) is 29.2 Å². The van der Waals surface area contributed by atoms with Gasteiger partial charge in [0.2, 0.25) is 0 Å². The van der Waals surface area contributed by atoms with Crippen LogP contribution in [0.1, 0.15) is 83.6 Å². The first-order chi connectivity index (χ1) is 11.1. The maximum atomic E-state index is 12.8. The number of hydrogen-bond acceptors (Lipinski definition) is 1. The van der Waals surface area contributed by atoms with Crippen LogP contribution in [0.3, 0.4) is 0 Å². The van der Waals surface area contributed by atoms with Crippen molar-refractivity contribution < 1.29 is 4.21 Å². The Morgan fingerprint density at radius 3 is 2.17 bits per heavy atom. The summed E-state index contributed by atoms with van der Waals surface area (Å²) >= 11 is 0. The van der Waals surface area contributed by atoms with Gasteiger partial charge in [-0.15, -0.1) is 0 Å². The third kappa shape index (κ3) is 5.45. The monoisotopic (exact) mass is 334 g/mol. The molecule has 1 aliphatic carbocycles. The maximum Gasteiger partial charge on any atom is 0.0592 e. The van der Waals surface area contributed by atoms with Gasteiger partial charge in [-0.25, -0.2) is 0 Å². The second-order valence-corrected chi connectivity index (χ2v) is 9.50. The van der Waals surface area contributed by atoms with E-state index in [1.165, 1.54) is 63.4 Å². The molecule has 23 heavy (non-hydrogen) atoms. The van der Waals surface area contributed by atoms with Gasteiger partial charge < -0.3 is 0 Å². The Labute approximate surface area is 145 Å². The highest BCUT2D eigenvalue weighted by Crippen LogP contribution is 2.52. The summed E-state index contributed by atoms with van der Waals surface area (Å²) < 4.78 is 12.8. The predicted molar refractivity (Wildman–Crippen MR) is 101 cm³/mol. The molecular weight excluding hydrogens is 300 g/mol. The van der Waals surface area contributed by atoms with E-state index in [0.717, 1.165) is 11.3 Å². The topological polar surface area (TPSA) is 17.1 Å². The highest BCUT2D eigenvalue weighted by Gasteiger charge is 2.54. The fourth-order valence-electron chi connectivity index (χ4n) is 3.52. The summed E-state index contributed by atoms with van der Waals surface area (Å²) in [5.41, 5.74) is 1.24. The van der Waals surface area contributed by atoms with Crippen molar-refractivity contribution in [2.75, 3.05) is 0 Å². The van der Waals surface area contributed by atoms with Gasteiger partial charge in [0.1, 0.15) is 0 Å². The molecule has 0 aliphatic heterocycles. The molecule has 0 amide bonds.